The van der Waals surface area contributed by atoms with Crippen molar-refractivity contribution in [3.63, 3.8) is 0 Å². The van der Waals surface area contributed by atoms with E-state index in [1.54, 1.807) is 0 Å². The summed E-state index contributed by atoms with van der Waals surface area (Å²) in [6.07, 6.45) is 0. The number of benzene rings is 1. The molecule has 3 nitrogen and oxygen atoms in total. The largest absolute Gasteiger partial charge is 0.462 e. The summed E-state index contributed by atoms with van der Waals surface area (Å²) in [7, 11) is 0. The Labute approximate surface area is 119 Å². The summed E-state index contributed by atoms with van der Waals surface area (Å²) in [5, 5.41) is -0.345. The second kappa shape index (κ2) is 6.98. The van der Waals surface area contributed by atoms with Gasteiger partial charge in [0.1, 0.15) is 11.9 Å². The number of ether oxygens (including phenoxy) is 1. The zero-order chi connectivity index (χ0) is 13.9. The van der Waals surface area contributed by atoms with E-state index in [1.165, 1.54) is 6.92 Å². The van der Waals surface area contributed by atoms with Gasteiger partial charge in [-0.1, -0.05) is 17.7 Å². The van der Waals surface area contributed by atoms with Crippen LogP contribution in [-0.2, 0) is 9.53 Å². The Bertz CT molecular complexity index is 458. The minimum absolute atomic E-state index is 0. The Balaban J connectivity index is 0.00000324. The molecule has 8 heteroatoms. The van der Waals surface area contributed by atoms with E-state index in [9.17, 15) is 18.0 Å². The second-order valence-electron chi connectivity index (χ2n) is 3.49. The number of alkyl halides is 2. The number of esters is 1. The van der Waals surface area contributed by atoms with Gasteiger partial charge >= 0.3 is 11.9 Å². The summed E-state index contributed by atoms with van der Waals surface area (Å²) in [4.78, 5) is 11.1. The minimum atomic E-state index is -3.91. The van der Waals surface area contributed by atoms with Crippen LogP contribution in [0.3, 0.4) is 0 Å². The van der Waals surface area contributed by atoms with Gasteiger partial charge in [0.05, 0.1) is 11.6 Å². The monoisotopic (exact) mass is 317 g/mol. The molecule has 0 aliphatic rings. The molecule has 19 heavy (non-hydrogen) atoms. The van der Waals surface area contributed by atoms with Crippen LogP contribution in [0.1, 0.15) is 18.5 Å². The Morgan fingerprint density at radius 3 is 2.58 bits per heavy atom. The number of nitrogens with two attached hydrogens (primary N) is 1. The summed E-state index contributed by atoms with van der Waals surface area (Å²) in [6.45, 7) is 1.21. The molecule has 0 spiro atoms. The number of carbonyl (C=O) groups is 1. The number of halogens is 5. The van der Waals surface area contributed by atoms with Gasteiger partial charge in [-0.15, -0.1) is 12.4 Å². The van der Waals surface area contributed by atoms with Crippen LogP contribution in [0, 0.1) is 5.82 Å². The number of hydrogen-bond acceptors (Lipinski definition) is 3. The van der Waals surface area contributed by atoms with Gasteiger partial charge in [0.25, 0.3) is 0 Å². The van der Waals surface area contributed by atoms with E-state index in [-0.39, 0.29) is 29.6 Å². The lowest BCUT2D eigenvalue weighted by atomic mass is 10.0. The first-order valence-corrected chi connectivity index (χ1v) is 5.44. The number of rotatable bonds is 4. The van der Waals surface area contributed by atoms with E-state index in [2.05, 4.69) is 4.74 Å². The van der Waals surface area contributed by atoms with Gasteiger partial charge in [0.15, 0.2) is 0 Å². The maximum atomic E-state index is 13.6. The second-order valence-corrected chi connectivity index (χ2v) is 3.90. The molecule has 1 aromatic carbocycles. The molecule has 0 amide bonds. The zero-order valence-electron chi connectivity index (χ0n) is 9.83. The lowest BCUT2D eigenvalue weighted by Crippen LogP contribution is -2.41. The van der Waals surface area contributed by atoms with Crippen LogP contribution in [0.15, 0.2) is 18.2 Å². The van der Waals surface area contributed by atoms with Crippen LogP contribution in [0.2, 0.25) is 5.02 Å². The van der Waals surface area contributed by atoms with Crippen molar-refractivity contribution in [3.8, 4) is 0 Å². The first-order chi connectivity index (χ1) is 8.30. The fraction of sp³-hybridized carbons (Fsp3) is 0.364. The van der Waals surface area contributed by atoms with Crippen molar-refractivity contribution in [2.24, 2.45) is 5.73 Å². The molecular formula is C11H12Cl2F3NO2. The van der Waals surface area contributed by atoms with Crippen LogP contribution in [0.25, 0.3) is 0 Å². The van der Waals surface area contributed by atoms with Gasteiger partial charge < -0.3 is 10.5 Å². The van der Waals surface area contributed by atoms with Gasteiger partial charge in [0.2, 0.25) is 0 Å². The molecule has 0 fully saturated rings. The summed E-state index contributed by atoms with van der Waals surface area (Å²) >= 11 is 5.46. The number of carbonyl (C=O) groups excluding carboxylic acids is 1. The topological polar surface area (TPSA) is 52.3 Å². The zero-order valence-corrected chi connectivity index (χ0v) is 11.4. The molecule has 0 aliphatic carbocycles. The van der Waals surface area contributed by atoms with Gasteiger partial charge in [-0.05, 0) is 24.6 Å². The van der Waals surface area contributed by atoms with E-state index in [0.717, 1.165) is 18.2 Å². The van der Waals surface area contributed by atoms with Crippen LogP contribution >= 0.6 is 24.0 Å². The van der Waals surface area contributed by atoms with E-state index >= 15 is 0 Å². The highest BCUT2D eigenvalue weighted by Gasteiger charge is 2.47. The first kappa shape index (κ1) is 18.0. The highest BCUT2D eigenvalue weighted by Crippen LogP contribution is 2.32. The summed E-state index contributed by atoms with van der Waals surface area (Å²) < 4.78 is 44.3. The highest BCUT2D eigenvalue weighted by molar-refractivity contribution is 6.30. The maximum Gasteiger partial charge on any atom is 0.379 e. The molecule has 1 aromatic rings. The van der Waals surface area contributed by atoms with E-state index in [4.69, 9.17) is 17.3 Å². The van der Waals surface area contributed by atoms with Crippen molar-refractivity contribution in [2.45, 2.75) is 18.9 Å². The first-order valence-electron chi connectivity index (χ1n) is 5.06. The van der Waals surface area contributed by atoms with Crippen molar-refractivity contribution in [2.75, 3.05) is 6.61 Å². The molecule has 0 unspecified atom stereocenters. The molecule has 108 valence electrons. The fourth-order valence-electron chi connectivity index (χ4n) is 1.27. The van der Waals surface area contributed by atoms with E-state index < -0.39 is 23.8 Å². The number of hydrogen-bond donors (Lipinski definition) is 1. The smallest absolute Gasteiger partial charge is 0.379 e. The van der Waals surface area contributed by atoms with Crippen LogP contribution in [-0.4, -0.2) is 18.5 Å². The van der Waals surface area contributed by atoms with Gasteiger partial charge in [-0.3, -0.25) is 0 Å². The maximum absolute atomic E-state index is 13.6. The fourth-order valence-corrected chi connectivity index (χ4v) is 1.46. The minimum Gasteiger partial charge on any atom is -0.462 e. The molecule has 0 heterocycles. The van der Waals surface area contributed by atoms with Gasteiger partial charge in [-0.2, -0.15) is 8.78 Å². The summed E-state index contributed by atoms with van der Waals surface area (Å²) in [6, 6.07) is 0.946. The van der Waals surface area contributed by atoms with Crippen molar-refractivity contribution in [1.82, 2.24) is 0 Å². The highest BCUT2D eigenvalue weighted by atomic mass is 35.5. The Morgan fingerprint density at radius 1 is 1.53 bits per heavy atom. The molecular weight excluding hydrogens is 306 g/mol. The third-order valence-electron chi connectivity index (χ3n) is 2.24. The van der Waals surface area contributed by atoms with Crippen LogP contribution < -0.4 is 5.73 Å². The van der Waals surface area contributed by atoms with Crippen molar-refractivity contribution in [3.05, 3.63) is 34.6 Å². The van der Waals surface area contributed by atoms with Gasteiger partial charge in [0, 0.05) is 0 Å². The quantitative estimate of drug-likeness (QED) is 0.868. The average molecular weight is 318 g/mol. The lowest BCUT2D eigenvalue weighted by Gasteiger charge is -2.22. The predicted octanol–water partition coefficient (Wildman–Crippen LogP) is 3.10. The lowest BCUT2D eigenvalue weighted by molar-refractivity contribution is -0.174. The average Bonchev–Trinajstić information content (AvgIpc) is 2.32. The Hall–Kier alpha value is -0.980. The molecule has 0 radical (unpaired) electrons. The van der Waals surface area contributed by atoms with Crippen molar-refractivity contribution >= 4 is 30.0 Å². The normalized spacial score (nSPS) is 12.5. The third kappa shape index (κ3) is 3.99. The molecule has 0 saturated heterocycles. The molecule has 0 aliphatic heterocycles. The van der Waals surface area contributed by atoms with E-state index in [0.29, 0.717) is 0 Å². The third-order valence-corrected chi connectivity index (χ3v) is 2.53. The predicted molar refractivity (Wildman–Crippen MR) is 67.2 cm³/mol. The van der Waals surface area contributed by atoms with E-state index in [1.807, 2.05) is 0 Å². The van der Waals surface area contributed by atoms with Crippen LogP contribution in [0.5, 0.6) is 0 Å². The molecule has 1 rings (SSSR count). The molecule has 0 saturated carbocycles. The molecule has 0 aromatic heterocycles. The summed E-state index contributed by atoms with van der Waals surface area (Å²) in [5.41, 5.74) is 5.14. The van der Waals surface area contributed by atoms with Crippen molar-refractivity contribution in [1.29, 1.82) is 0 Å². The van der Waals surface area contributed by atoms with Gasteiger partial charge in [-0.25, -0.2) is 9.18 Å². The SMILES string of the molecule is CCOC(=O)C(F)(F)[C@H](N)c1ccc(F)c(Cl)c1.Cl. The molecule has 1 atom stereocenters. The van der Waals surface area contributed by atoms with Crippen LogP contribution in [0.4, 0.5) is 13.2 Å². The van der Waals surface area contributed by atoms with Crippen molar-refractivity contribution < 1.29 is 22.7 Å². The standard InChI is InChI=1S/C11H11ClF3NO2.ClH/c1-2-18-10(17)11(14,15)9(16)6-3-4-8(13)7(12)5-6;/h3-5,9H,2,16H2,1H3;1H/t9-;/m1./s1. The molecule has 0 bridgehead atoms. The Morgan fingerprint density at radius 2 is 2.11 bits per heavy atom. The summed E-state index contributed by atoms with van der Waals surface area (Å²) in [5.74, 6) is -6.39. The Kier molecular flexibility index (Phi) is 6.62. The molecule has 2 N–H and O–H groups in total.